The number of rotatable bonds is 1. The summed E-state index contributed by atoms with van der Waals surface area (Å²) in [6, 6.07) is 0. The van der Waals surface area contributed by atoms with Crippen LogP contribution in [-0.2, 0) is 0 Å². The first kappa shape index (κ1) is 15.4. The zero-order chi connectivity index (χ0) is 11.6. The molecule has 0 radical (unpaired) electrons. The van der Waals surface area contributed by atoms with Gasteiger partial charge in [-0.15, -0.1) is 0 Å². The zero-order valence-corrected chi connectivity index (χ0v) is 8.76. The Morgan fingerprint density at radius 3 is 0.923 bits per heavy atom. The fraction of sp³-hybridized carbons (Fsp3) is 1.00. The summed E-state index contributed by atoms with van der Waals surface area (Å²) in [7, 11) is -4.12. The predicted molar refractivity (Wildman–Crippen MR) is 42.1 cm³/mol. The molecule has 86 valence electrons. The SMILES string of the molecule is CC[N+](C)(C)C.F[P-](F)(F)(F)(F)F. The van der Waals surface area contributed by atoms with Gasteiger partial charge in [-0.2, -0.15) is 0 Å². The van der Waals surface area contributed by atoms with Gasteiger partial charge in [0.05, 0.1) is 27.7 Å². The Bertz CT molecular complexity index is 149. The Morgan fingerprint density at radius 1 is 0.846 bits per heavy atom. The van der Waals surface area contributed by atoms with Crippen LogP contribution < -0.4 is 0 Å². The maximum absolute atomic E-state index is 10.7. The van der Waals surface area contributed by atoms with Crippen molar-refractivity contribution in [3.05, 3.63) is 0 Å². The van der Waals surface area contributed by atoms with Crippen molar-refractivity contribution in [3.8, 4) is 0 Å². The molecule has 0 fully saturated rings. The Labute approximate surface area is 73.2 Å². The van der Waals surface area contributed by atoms with E-state index in [2.05, 4.69) is 28.1 Å². The topological polar surface area (TPSA) is 0 Å². The van der Waals surface area contributed by atoms with E-state index in [9.17, 15) is 25.2 Å². The molecule has 0 N–H and O–H groups in total. The molecule has 0 aromatic heterocycles. The summed E-state index contributed by atoms with van der Waals surface area (Å²) in [6.45, 7) is 3.39. The number of quaternary nitrogens is 1. The van der Waals surface area contributed by atoms with Crippen LogP contribution in [0, 0.1) is 0 Å². The van der Waals surface area contributed by atoms with E-state index >= 15 is 0 Å². The van der Waals surface area contributed by atoms with Gasteiger partial charge in [0.1, 0.15) is 0 Å². The number of halogens is 6. The molecule has 0 aliphatic carbocycles. The van der Waals surface area contributed by atoms with Gasteiger partial charge in [-0.05, 0) is 6.92 Å². The van der Waals surface area contributed by atoms with Gasteiger partial charge in [0, 0.05) is 0 Å². The zero-order valence-electron chi connectivity index (χ0n) is 7.87. The van der Waals surface area contributed by atoms with E-state index in [0.29, 0.717) is 0 Å². The van der Waals surface area contributed by atoms with E-state index < -0.39 is 7.81 Å². The molecule has 0 heterocycles. The van der Waals surface area contributed by atoms with Crippen molar-refractivity contribution in [2.45, 2.75) is 6.92 Å². The summed E-state index contributed by atoms with van der Waals surface area (Å²) in [6.07, 6.45) is 0. The van der Waals surface area contributed by atoms with Crippen LogP contribution in [0.2, 0.25) is 0 Å². The van der Waals surface area contributed by atoms with Crippen molar-refractivity contribution in [1.29, 1.82) is 0 Å². The second-order valence-electron chi connectivity index (χ2n) is 3.56. The Hall–Kier alpha value is -0.0300. The third-order valence-corrected chi connectivity index (χ3v) is 0.949. The standard InChI is InChI=1S/C5H14N.F6P/c1-5-6(2,3)4;1-7(2,3,4,5)6/h5H2,1-4H3;/q+1;-1. The average molecular weight is 233 g/mol. The summed E-state index contributed by atoms with van der Waals surface area (Å²) in [4.78, 5) is 0. The van der Waals surface area contributed by atoms with Crippen LogP contribution in [-0.4, -0.2) is 32.2 Å². The van der Waals surface area contributed by atoms with Gasteiger partial charge in [0.15, 0.2) is 0 Å². The van der Waals surface area contributed by atoms with E-state index in [1.807, 2.05) is 0 Å². The van der Waals surface area contributed by atoms with E-state index in [-0.39, 0.29) is 0 Å². The van der Waals surface area contributed by atoms with Gasteiger partial charge in [0.25, 0.3) is 0 Å². The molecule has 0 saturated heterocycles. The van der Waals surface area contributed by atoms with Crippen molar-refractivity contribution in [3.63, 3.8) is 0 Å². The van der Waals surface area contributed by atoms with Crippen molar-refractivity contribution in [1.82, 2.24) is 0 Å². The first-order chi connectivity index (χ1) is 5.01. The van der Waals surface area contributed by atoms with Crippen LogP contribution in [0.25, 0.3) is 0 Å². The Balaban J connectivity index is 0. The first-order valence-electron chi connectivity index (χ1n) is 3.38. The van der Waals surface area contributed by atoms with E-state index in [1.165, 1.54) is 6.54 Å². The number of nitrogens with zero attached hydrogens (tertiary/aromatic N) is 1. The predicted octanol–water partition coefficient (Wildman–Crippen LogP) is 4.09. The average Bonchev–Trinajstić information content (AvgIpc) is 1.54. The second-order valence-corrected chi connectivity index (χ2v) is 5.48. The summed E-state index contributed by atoms with van der Waals surface area (Å²) in [5.41, 5.74) is 0. The quantitative estimate of drug-likeness (QED) is 0.363. The number of hydrogen-bond donors (Lipinski definition) is 0. The first-order valence-corrected chi connectivity index (χ1v) is 5.41. The molecule has 0 rings (SSSR count). The van der Waals surface area contributed by atoms with Crippen molar-refractivity contribution in [2.75, 3.05) is 27.7 Å². The molecule has 0 aliphatic rings. The van der Waals surface area contributed by atoms with Gasteiger partial charge in [-0.25, -0.2) is 0 Å². The molecule has 0 aliphatic heterocycles. The van der Waals surface area contributed by atoms with Crippen molar-refractivity contribution >= 4 is 7.81 Å². The molecule has 0 amide bonds. The van der Waals surface area contributed by atoms with Gasteiger partial charge >= 0.3 is 33.0 Å². The number of hydrogen-bond acceptors (Lipinski definition) is 0. The van der Waals surface area contributed by atoms with Crippen LogP contribution in [0.3, 0.4) is 0 Å². The van der Waals surface area contributed by atoms with Crippen LogP contribution in [0.5, 0.6) is 0 Å². The summed E-state index contributed by atoms with van der Waals surface area (Å²) >= 11 is 0. The fourth-order valence-corrected chi connectivity index (χ4v) is 0. The molecule has 0 unspecified atom stereocenters. The molecule has 13 heavy (non-hydrogen) atoms. The third kappa shape index (κ3) is 135. The van der Waals surface area contributed by atoms with Crippen LogP contribution in [0.15, 0.2) is 0 Å². The molecular formula is C5H14F6NP. The molecule has 0 aromatic rings. The summed E-state index contributed by atoms with van der Waals surface area (Å²) in [5.74, 6) is 0. The Kier molecular flexibility index (Phi) is 3.55. The minimum absolute atomic E-state index is 1.07. The molecule has 0 saturated carbocycles. The van der Waals surface area contributed by atoms with Gasteiger partial charge in [-0.1, -0.05) is 0 Å². The third-order valence-electron chi connectivity index (χ3n) is 0.949. The van der Waals surface area contributed by atoms with Gasteiger partial charge in [0.2, 0.25) is 0 Å². The van der Waals surface area contributed by atoms with E-state index in [4.69, 9.17) is 0 Å². The fourth-order valence-electron chi connectivity index (χ4n) is 0. The molecule has 1 nitrogen and oxygen atoms in total. The monoisotopic (exact) mass is 233 g/mol. The Morgan fingerprint density at radius 2 is 0.923 bits per heavy atom. The van der Waals surface area contributed by atoms with Crippen LogP contribution in [0.4, 0.5) is 25.2 Å². The molecule has 0 bridgehead atoms. The van der Waals surface area contributed by atoms with Crippen molar-refractivity contribution in [2.24, 2.45) is 0 Å². The second kappa shape index (κ2) is 2.98. The minimum atomic E-state index is -10.7. The summed E-state index contributed by atoms with van der Waals surface area (Å²) < 4.78 is 60.3. The molecule has 0 spiro atoms. The van der Waals surface area contributed by atoms with Gasteiger partial charge < -0.3 is 4.48 Å². The van der Waals surface area contributed by atoms with Gasteiger partial charge in [-0.3, -0.25) is 0 Å². The van der Waals surface area contributed by atoms with E-state index in [0.717, 1.165) is 4.48 Å². The molecular weight excluding hydrogens is 219 g/mol. The van der Waals surface area contributed by atoms with Crippen LogP contribution in [0.1, 0.15) is 6.92 Å². The normalized spacial score (nSPS) is 18.0. The summed E-state index contributed by atoms with van der Waals surface area (Å²) in [5, 5.41) is 0. The molecule has 8 heteroatoms. The van der Waals surface area contributed by atoms with E-state index in [1.54, 1.807) is 0 Å². The van der Waals surface area contributed by atoms with Crippen molar-refractivity contribution < 1.29 is 29.7 Å². The molecule has 0 aromatic carbocycles. The van der Waals surface area contributed by atoms with Crippen LogP contribution >= 0.6 is 7.81 Å². The maximum atomic E-state index is 9.87. The molecule has 0 atom stereocenters.